The Morgan fingerprint density at radius 3 is 0.990 bits per heavy atom. The van der Waals surface area contributed by atoms with Crippen LogP contribution in [0.2, 0.25) is 0 Å². The monoisotopic (exact) mass is 1440 g/mol. The van der Waals surface area contributed by atoms with Gasteiger partial charge in [0.2, 0.25) is 5.91 Å². The number of aliphatic hydroxyl groups is 11. The van der Waals surface area contributed by atoms with Crippen molar-refractivity contribution >= 4 is 5.91 Å². The quantitative estimate of drug-likeness (QED) is 0.0199. The lowest BCUT2D eigenvalue weighted by atomic mass is 9.96. The summed E-state index contributed by atoms with van der Waals surface area (Å²) in [6, 6.07) is -0.988. The smallest absolute Gasteiger partial charge is 0.220 e. The van der Waals surface area contributed by atoms with E-state index in [0.29, 0.717) is 12.8 Å². The molecule has 19 nitrogen and oxygen atoms in total. The van der Waals surface area contributed by atoms with Crippen LogP contribution < -0.4 is 5.32 Å². The van der Waals surface area contributed by atoms with Gasteiger partial charge >= 0.3 is 0 Å². The number of hydrogen-bond acceptors (Lipinski definition) is 18. The molecule has 0 aliphatic carbocycles. The Balaban J connectivity index is 1.29. The number of rotatable bonds is 68. The van der Waals surface area contributed by atoms with Crippen LogP contribution in [0.4, 0.5) is 0 Å². The molecular formula is C82H155NO18. The molecule has 3 fully saturated rings. The van der Waals surface area contributed by atoms with Gasteiger partial charge in [-0.25, -0.2) is 0 Å². The second kappa shape index (κ2) is 63.2. The van der Waals surface area contributed by atoms with E-state index in [4.69, 9.17) is 28.4 Å². The molecule has 17 atom stereocenters. The Labute approximate surface area is 613 Å². The Bertz CT molecular complexity index is 1920. The minimum absolute atomic E-state index is 0.241. The maximum atomic E-state index is 13.5. The van der Waals surface area contributed by atoms with Crippen molar-refractivity contribution in [1.82, 2.24) is 5.32 Å². The summed E-state index contributed by atoms with van der Waals surface area (Å²) in [5, 5.41) is 121. The van der Waals surface area contributed by atoms with Crippen molar-refractivity contribution in [1.29, 1.82) is 0 Å². The number of aliphatic hydroxyl groups excluding tert-OH is 11. The van der Waals surface area contributed by atoms with Crippen molar-refractivity contribution in [3.8, 4) is 0 Å². The zero-order chi connectivity index (χ0) is 73.2. The summed E-state index contributed by atoms with van der Waals surface area (Å²) in [4.78, 5) is 13.5. The van der Waals surface area contributed by atoms with Gasteiger partial charge in [-0.2, -0.15) is 0 Å². The average Bonchev–Trinajstić information content (AvgIpc) is 0.782. The summed E-state index contributed by atoms with van der Waals surface area (Å²) < 4.78 is 34.4. The van der Waals surface area contributed by atoms with Crippen molar-refractivity contribution in [2.24, 2.45) is 0 Å². The highest BCUT2D eigenvalue weighted by Gasteiger charge is 2.54. The van der Waals surface area contributed by atoms with Gasteiger partial charge in [-0.3, -0.25) is 4.79 Å². The van der Waals surface area contributed by atoms with Crippen molar-refractivity contribution in [2.45, 2.75) is 465 Å². The number of carbonyl (C=O) groups is 1. The zero-order valence-electron chi connectivity index (χ0n) is 63.9. The van der Waals surface area contributed by atoms with Gasteiger partial charge in [-0.05, 0) is 32.1 Å². The van der Waals surface area contributed by atoms with Crippen LogP contribution in [0.1, 0.15) is 361 Å². The van der Waals surface area contributed by atoms with Crippen LogP contribution in [-0.4, -0.2) is 193 Å². The summed E-state index contributed by atoms with van der Waals surface area (Å²) in [6.45, 7) is 1.77. The van der Waals surface area contributed by atoms with Gasteiger partial charge in [0.25, 0.3) is 0 Å². The van der Waals surface area contributed by atoms with Crippen LogP contribution >= 0.6 is 0 Å². The van der Waals surface area contributed by atoms with E-state index >= 15 is 0 Å². The van der Waals surface area contributed by atoms with Gasteiger partial charge in [0.1, 0.15) is 73.2 Å². The highest BCUT2D eigenvalue weighted by atomic mass is 16.8. The molecule has 3 heterocycles. The molecule has 1 amide bonds. The summed E-state index contributed by atoms with van der Waals surface area (Å²) >= 11 is 0. The molecule has 3 aliphatic rings. The summed E-state index contributed by atoms with van der Waals surface area (Å²) in [5.74, 6) is -0.278. The third-order valence-corrected chi connectivity index (χ3v) is 21.3. The molecule has 0 aromatic carbocycles. The topological polar surface area (TPSA) is 307 Å². The van der Waals surface area contributed by atoms with E-state index in [-0.39, 0.29) is 18.9 Å². The summed E-state index contributed by atoms with van der Waals surface area (Å²) in [7, 11) is 0. The maximum absolute atomic E-state index is 13.5. The Hall–Kier alpha value is -1.73. The first-order chi connectivity index (χ1) is 49.3. The van der Waals surface area contributed by atoms with E-state index in [1.165, 1.54) is 289 Å². The molecule has 0 aromatic heterocycles. The van der Waals surface area contributed by atoms with Gasteiger partial charge in [-0.1, -0.05) is 346 Å². The SMILES string of the molecule is CCCCCCCCCCCCC/C=C/CC/C=C/C(O)C(COC1OC(CO)C(OC2OC(CO)C(OC3OC(CO)C(O)C(O)C3O)C(O)C2O)C(O)C1O)NC(=O)CCCCCCCCCCCCCCCCCCCCCCCCCCCCCCCCCCCCCCCCC. The average molecular weight is 1440 g/mol. The molecule has 596 valence electrons. The van der Waals surface area contributed by atoms with Crippen molar-refractivity contribution < 1.29 is 89.4 Å². The molecule has 3 rings (SSSR count). The first-order valence-electron chi connectivity index (χ1n) is 42.1. The van der Waals surface area contributed by atoms with Crippen molar-refractivity contribution in [3.63, 3.8) is 0 Å². The Kier molecular flexibility index (Phi) is 58.5. The van der Waals surface area contributed by atoms with E-state index in [9.17, 15) is 61.0 Å². The number of unbranched alkanes of at least 4 members (excludes halogenated alkanes) is 50. The van der Waals surface area contributed by atoms with Crippen LogP contribution in [0.5, 0.6) is 0 Å². The molecule has 0 radical (unpaired) electrons. The lowest BCUT2D eigenvalue weighted by Gasteiger charge is -2.48. The first-order valence-corrected chi connectivity index (χ1v) is 42.1. The normalized spacial score (nSPS) is 26.4. The lowest BCUT2D eigenvalue weighted by molar-refractivity contribution is -0.379. The van der Waals surface area contributed by atoms with Crippen LogP contribution in [-0.2, 0) is 33.2 Å². The Morgan fingerprint density at radius 2 is 0.634 bits per heavy atom. The van der Waals surface area contributed by atoms with E-state index in [1.807, 2.05) is 6.08 Å². The molecule has 17 unspecified atom stereocenters. The number of amides is 1. The summed E-state index contributed by atoms with van der Waals surface area (Å²) in [5.41, 5.74) is 0. The van der Waals surface area contributed by atoms with Gasteiger partial charge in [0.05, 0.1) is 38.6 Å². The van der Waals surface area contributed by atoms with Crippen LogP contribution in [0.3, 0.4) is 0 Å². The molecule has 12 N–H and O–H groups in total. The fraction of sp³-hybridized carbons (Fsp3) is 0.939. The molecule has 0 spiro atoms. The summed E-state index contributed by atoms with van der Waals surface area (Å²) in [6.07, 6.45) is 50.7. The third-order valence-electron chi connectivity index (χ3n) is 21.3. The van der Waals surface area contributed by atoms with E-state index in [1.54, 1.807) is 6.08 Å². The number of nitrogens with one attached hydrogen (secondary N) is 1. The molecular weight excluding hydrogens is 1290 g/mol. The fourth-order valence-corrected chi connectivity index (χ4v) is 14.5. The highest BCUT2D eigenvalue weighted by Crippen LogP contribution is 2.33. The number of ether oxygens (including phenoxy) is 6. The van der Waals surface area contributed by atoms with Crippen LogP contribution in [0, 0.1) is 0 Å². The second-order valence-corrected chi connectivity index (χ2v) is 30.3. The molecule has 0 bridgehead atoms. The third kappa shape index (κ3) is 43.2. The molecule has 101 heavy (non-hydrogen) atoms. The molecule has 0 saturated carbocycles. The standard InChI is InChI=1S/C82H155NO18/c1-3-5-7-9-11-13-15-17-19-21-22-23-24-25-26-27-28-29-30-31-32-33-34-35-36-37-38-39-40-41-42-44-46-48-50-52-54-56-58-60-70(88)83-65(66(87)59-57-55-53-51-49-47-45-43-20-18-16-14-12-10-8-6-4-2)64-96-80-76(94)73(91)78(68(62-85)98-80)101-82-77(95)74(92)79(69(63-86)99-82)100-81-75(93)72(90)71(89)67(61-84)97-81/h49,51,57,59,65-69,71-82,84-87,89-95H,3-48,50,52-56,58,60-64H2,1-2H3,(H,83,88)/b51-49+,59-57+. The number of allylic oxidation sites excluding steroid dienone is 3. The van der Waals surface area contributed by atoms with Crippen LogP contribution in [0.25, 0.3) is 0 Å². The Morgan fingerprint density at radius 1 is 0.347 bits per heavy atom. The minimum Gasteiger partial charge on any atom is -0.394 e. The van der Waals surface area contributed by atoms with E-state index < -0.39 is 124 Å². The molecule has 0 aromatic rings. The van der Waals surface area contributed by atoms with Crippen molar-refractivity contribution in [3.05, 3.63) is 24.3 Å². The molecule has 19 heteroatoms. The predicted molar refractivity (Wildman–Crippen MR) is 402 cm³/mol. The molecule has 3 aliphatic heterocycles. The number of carbonyl (C=O) groups excluding carboxylic acids is 1. The van der Waals surface area contributed by atoms with Crippen molar-refractivity contribution in [2.75, 3.05) is 26.4 Å². The maximum Gasteiger partial charge on any atom is 0.220 e. The van der Waals surface area contributed by atoms with E-state index in [0.717, 1.165) is 38.5 Å². The van der Waals surface area contributed by atoms with E-state index in [2.05, 4.69) is 31.3 Å². The second-order valence-electron chi connectivity index (χ2n) is 30.3. The fourth-order valence-electron chi connectivity index (χ4n) is 14.5. The largest absolute Gasteiger partial charge is 0.394 e. The van der Waals surface area contributed by atoms with Gasteiger partial charge in [0.15, 0.2) is 18.9 Å². The van der Waals surface area contributed by atoms with Gasteiger partial charge in [0, 0.05) is 6.42 Å². The van der Waals surface area contributed by atoms with Gasteiger partial charge in [-0.15, -0.1) is 0 Å². The predicted octanol–water partition coefficient (Wildman–Crippen LogP) is 14.5. The van der Waals surface area contributed by atoms with Gasteiger partial charge < -0.3 is 89.9 Å². The van der Waals surface area contributed by atoms with Crippen LogP contribution in [0.15, 0.2) is 24.3 Å². The lowest BCUT2D eigenvalue weighted by Crippen LogP contribution is -2.66. The number of hydrogen-bond donors (Lipinski definition) is 12. The highest BCUT2D eigenvalue weighted by molar-refractivity contribution is 5.76. The molecule has 3 saturated heterocycles. The first kappa shape index (κ1) is 93.5. The minimum atomic E-state index is -1.98. The zero-order valence-corrected chi connectivity index (χ0v) is 63.9.